The van der Waals surface area contributed by atoms with Gasteiger partial charge in [0.05, 0.1) is 12.7 Å². The van der Waals surface area contributed by atoms with E-state index in [4.69, 9.17) is 4.74 Å². The molecule has 0 bridgehead atoms. The van der Waals surface area contributed by atoms with Gasteiger partial charge in [0.1, 0.15) is 5.75 Å². The number of carbonyl (C=O) groups excluding carboxylic acids is 1. The molecule has 0 spiro atoms. The lowest BCUT2D eigenvalue weighted by molar-refractivity contribution is 0.0622. The molecule has 0 unspecified atom stereocenters. The molecule has 23 heavy (non-hydrogen) atoms. The van der Waals surface area contributed by atoms with E-state index in [0.29, 0.717) is 6.42 Å². The highest BCUT2D eigenvalue weighted by Crippen LogP contribution is 2.18. The predicted molar refractivity (Wildman–Crippen MR) is 90.7 cm³/mol. The molecule has 1 saturated carbocycles. The van der Waals surface area contributed by atoms with E-state index in [1.54, 1.807) is 14.0 Å². The van der Waals surface area contributed by atoms with Crippen LogP contribution in [0.1, 0.15) is 44.6 Å². The highest BCUT2D eigenvalue weighted by atomic mass is 16.5. The zero-order valence-electron chi connectivity index (χ0n) is 14.1. The second-order valence-electron chi connectivity index (χ2n) is 6.68. The summed E-state index contributed by atoms with van der Waals surface area (Å²) in [5.74, 6) is 0.790. The lowest BCUT2D eigenvalue weighted by atomic mass is 9.95. The average molecular weight is 320 g/mol. The first kappa shape index (κ1) is 17.6. The Morgan fingerprint density at radius 2 is 1.91 bits per heavy atom. The van der Waals surface area contributed by atoms with E-state index in [-0.39, 0.29) is 18.6 Å². The molecule has 2 amide bonds. The summed E-state index contributed by atoms with van der Waals surface area (Å²) in [6, 6.07) is 7.68. The molecule has 5 nitrogen and oxygen atoms in total. The van der Waals surface area contributed by atoms with Crippen LogP contribution in [0.4, 0.5) is 4.79 Å². The van der Waals surface area contributed by atoms with Crippen molar-refractivity contribution in [3.05, 3.63) is 29.8 Å². The van der Waals surface area contributed by atoms with Crippen molar-refractivity contribution in [3.8, 4) is 5.75 Å². The van der Waals surface area contributed by atoms with Gasteiger partial charge in [0, 0.05) is 19.0 Å². The zero-order valence-corrected chi connectivity index (χ0v) is 14.1. The second kappa shape index (κ2) is 8.20. The molecule has 3 N–H and O–H groups in total. The SMILES string of the molecule is COc1ccc(C[C@@](C)(O)CNC(=O)NC2CCCCC2)cc1. The van der Waals surface area contributed by atoms with Crippen LogP contribution in [0, 0.1) is 0 Å². The number of aliphatic hydroxyl groups is 1. The van der Waals surface area contributed by atoms with Crippen LogP contribution in [0.15, 0.2) is 24.3 Å². The Balaban J connectivity index is 1.76. The van der Waals surface area contributed by atoms with Crippen molar-refractivity contribution in [1.29, 1.82) is 0 Å². The number of ether oxygens (including phenoxy) is 1. The van der Waals surface area contributed by atoms with E-state index in [1.807, 2.05) is 24.3 Å². The van der Waals surface area contributed by atoms with Gasteiger partial charge in [-0.15, -0.1) is 0 Å². The summed E-state index contributed by atoms with van der Waals surface area (Å²) < 4.78 is 5.12. The maximum atomic E-state index is 11.9. The summed E-state index contributed by atoms with van der Waals surface area (Å²) in [5.41, 5.74) is 0.0173. The number of carbonyl (C=O) groups is 1. The summed E-state index contributed by atoms with van der Waals surface area (Å²) in [7, 11) is 1.63. The van der Waals surface area contributed by atoms with Crippen LogP contribution in [-0.4, -0.2) is 36.4 Å². The lowest BCUT2D eigenvalue weighted by Crippen LogP contribution is -2.48. The van der Waals surface area contributed by atoms with Crippen molar-refractivity contribution in [2.75, 3.05) is 13.7 Å². The van der Waals surface area contributed by atoms with Gasteiger partial charge in [0.2, 0.25) is 0 Å². The first-order valence-corrected chi connectivity index (χ1v) is 8.38. The van der Waals surface area contributed by atoms with Gasteiger partial charge in [0.25, 0.3) is 0 Å². The first-order chi connectivity index (χ1) is 11.0. The standard InChI is InChI=1S/C18H28N2O3/c1-18(22,12-14-8-10-16(23-2)11-9-14)13-19-17(21)20-15-6-4-3-5-7-15/h8-11,15,22H,3-7,12-13H2,1-2H3,(H2,19,20,21)/t18-/m1/s1. The fraction of sp³-hybridized carbons (Fsp3) is 0.611. The number of hydrogen-bond acceptors (Lipinski definition) is 3. The van der Waals surface area contributed by atoms with Crippen LogP contribution in [0.2, 0.25) is 0 Å². The fourth-order valence-corrected chi connectivity index (χ4v) is 3.00. The number of hydrogen-bond donors (Lipinski definition) is 3. The third-order valence-electron chi connectivity index (χ3n) is 4.31. The van der Waals surface area contributed by atoms with E-state index < -0.39 is 5.60 Å². The van der Waals surface area contributed by atoms with Crippen molar-refractivity contribution in [2.24, 2.45) is 0 Å². The smallest absolute Gasteiger partial charge is 0.315 e. The molecule has 2 rings (SSSR count). The molecular weight excluding hydrogens is 292 g/mol. The Morgan fingerprint density at radius 3 is 2.52 bits per heavy atom. The molecule has 0 radical (unpaired) electrons. The molecule has 1 aromatic carbocycles. The van der Waals surface area contributed by atoms with Gasteiger partial charge in [-0.25, -0.2) is 4.79 Å². The maximum Gasteiger partial charge on any atom is 0.315 e. The number of nitrogens with one attached hydrogen (secondary N) is 2. The van der Waals surface area contributed by atoms with Gasteiger partial charge in [-0.2, -0.15) is 0 Å². The number of methoxy groups -OCH3 is 1. The largest absolute Gasteiger partial charge is 0.497 e. The molecule has 1 atom stereocenters. The minimum absolute atomic E-state index is 0.188. The van der Waals surface area contributed by atoms with Gasteiger partial charge in [-0.05, 0) is 37.5 Å². The van der Waals surface area contributed by atoms with Gasteiger partial charge in [-0.3, -0.25) is 0 Å². The summed E-state index contributed by atoms with van der Waals surface area (Å²) in [5, 5.41) is 16.3. The fourth-order valence-electron chi connectivity index (χ4n) is 3.00. The van der Waals surface area contributed by atoms with Crippen LogP contribution in [-0.2, 0) is 6.42 Å². The van der Waals surface area contributed by atoms with Crippen molar-refractivity contribution in [3.63, 3.8) is 0 Å². The van der Waals surface area contributed by atoms with E-state index in [0.717, 1.165) is 24.2 Å². The van der Waals surface area contributed by atoms with Crippen LogP contribution in [0.3, 0.4) is 0 Å². The topological polar surface area (TPSA) is 70.6 Å². The maximum absolute atomic E-state index is 11.9. The third-order valence-corrected chi connectivity index (χ3v) is 4.31. The summed E-state index contributed by atoms with van der Waals surface area (Å²) in [6.07, 6.45) is 6.20. The van der Waals surface area contributed by atoms with Crippen molar-refractivity contribution in [1.82, 2.24) is 10.6 Å². The van der Waals surface area contributed by atoms with Crippen LogP contribution in [0.25, 0.3) is 0 Å². The molecule has 0 saturated heterocycles. The van der Waals surface area contributed by atoms with Crippen LogP contribution in [0.5, 0.6) is 5.75 Å². The molecule has 1 aliphatic rings. The van der Waals surface area contributed by atoms with E-state index in [9.17, 15) is 9.90 Å². The Bertz CT molecular complexity index is 493. The molecule has 0 heterocycles. The number of benzene rings is 1. The van der Waals surface area contributed by atoms with Gasteiger partial charge in [0.15, 0.2) is 0 Å². The molecular formula is C18H28N2O3. The average Bonchev–Trinajstić information content (AvgIpc) is 2.54. The molecule has 5 heteroatoms. The quantitative estimate of drug-likeness (QED) is 0.754. The van der Waals surface area contributed by atoms with Crippen LogP contribution >= 0.6 is 0 Å². The van der Waals surface area contributed by atoms with Crippen LogP contribution < -0.4 is 15.4 Å². The van der Waals surface area contributed by atoms with E-state index in [2.05, 4.69) is 10.6 Å². The van der Waals surface area contributed by atoms with Crippen molar-refractivity contribution < 1.29 is 14.6 Å². The van der Waals surface area contributed by atoms with Gasteiger partial charge in [-0.1, -0.05) is 31.4 Å². The highest BCUT2D eigenvalue weighted by Gasteiger charge is 2.23. The minimum Gasteiger partial charge on any atom is -0.497 e. The summed E-state index contributed by atoms with van der Waals surface area (Å²) in [4.78, 5) is 11.9. The van der Waals surface area contributed by atoms with Gasteiger partial charge >= 0.3 is 6.03 Å². The number of urea groups is 1. The van der Waals surface area contributed by atoms with Crippen molar-refractivity contribution in [2.45, 2.75) is 57.1 Å². The Labute approximate surface area is 138 Å². The lowest BCUT2D eigenvalue weighted by Gasteiger charge is -2.26. The third kappa shape index (κ3) is 6.10. The Morgan fingerprint density at radius 1 is 1.26 bits per heavy atom. The van der Waals surface area contributed by atoms with Gasteiger partial charge < -0.3 is 20.5 Å². The minimum atomic E-state index is -0.988. The number of rotatable bonds is 6. The summed E-state index contributed by atoms with van der Waals surface area (Å²) >= 11 is 0. The molecule has 128 valence electrons. The molecule has 1 fully saturated rings. The second-order valence-corrected chi connectivity index (χ2v) is 6.68. The monoisotopic (exact) mass is 320 g/mol. The van der Waals surface area contributed by atoms with E-state index >= 15 is 0 Å². The molecule has 1 aromatic rings. The molecule has 0 aliphatic heterocycles. The highest BCUT2D eigenvalue weighted by molar-refractivity contribution is 5.74. The predicted octanol–water partition coefficient (Wildman–Crippen LogP) is 2.62. The molecule has 0 aromatic heterocycles. The Kier molecular flexibility index (Phi) is 6.28. The zero-order chi connectivity index (χ0) is 16.7. The Hall–Kier alpha value is -1.75. The van der Waals surface area contributed by atoms with E-state index in [1.165, 1.54) is 19.3 Å². The molecule has 1 aliphatic carbocycles. The number of amides is 2. The first-order valence-electron chi connectivity index (χ1n) is 8.38. The van der Waals surface area contributed by atoms with Crippen molar-refractivity contribution >= 4 is 6.03 Å². The summed E-state index contributed by atoms with van der Waals surface area (Å²) in [6.45, 7) is 1.95. The normalized spacial score (nSPS) is 18.0.